The topological polar surface area (TPSA) is 74.2 Å². The van der Waals surface area contributed by atoms with Gasteiger partial charge in [0.05, 0.1) is 25.5 Å². The first-order chi connectivity index (χ1) is 13.0. The quantitative estimate of drug-likeness (QED) is 0.530. The highest BCUT2D eigenvalue weighted by molar-refractivity contribution is 7.89. The van der Waals surface area contributed by atoms with E-state index in [-0.39, 0.29) is 12.3 Å². The fraction of sp³-hybridized carbons (Fsp3) is 0.632. The first-order valence-corrected chi connectivity index (χ1v) is 11.2. The minimum absolute atomic E-state index is 0.0148. The summed E-state index contributed by atoms with van der Waals surface area (Å²) in [5, 5.41) is 3.24. The van der Waals surface area contributed by atoms with Crippen molar-refractivity contribution in [2.24, 2.45) is 4.99 Å². The van der Waals surface area contributed by atoms with E-state index in [1.54, 1.807) is 0 Å². The van der Waals surface area contributed by atoms with Crippen molar-refractivity contribution in [2.75, 3.05) is 52.2 Å². The Kier molecular flexibility index (Phi) is 8.53. The largest absolute Gasteiger partial charge is 0.379 e. The van der Waals surface area contributed by atoms with E-state index in [0.29, 0.717) is 38.8 Å². The van der Waals surface area contributed by atoms with E-state index in [9.17, 15) is 8.42 Å². The lowest BCUT2D eigenvalue weighted by Gasteiger charge is -2.26. The van der Waals surface area contributed by atoms with Gasteiger partial charge >= 0.3 is 0 Å². The van der Waals surface area contributed by atoms with Crippen LogP contribution in [-0.2, 0) is 27.7 Å². The molecule has 0 spiro atoms. The van der Waals surface area contributed by atoms with Crippen LogP contribution in [0.3, 0.4) is 0 Å². The van der Waals surface area contributed by atoms with Crippen molar-refractivity contribution < 1.29 is 13.2 Å². The highest BCUT2D eigenvalue weighted by Crippen LogP contribution is 2.08. The standard InChI is InChI=1S/C19H32N4O3S/c1-4-17-6-8-18(9-7-17)16-22(3)19(20-5-2)21-10-15-27(24,25)23-11-13-26-14-12-23/h6-9H,4-5,10-16H2,1-3H3,(H,20,21). The fourth-order valence-corrected chi connectivity index (χ4v) is 4.21. The van der Waals surface area contributed by atoms with Crippen molar-refractivity contribution >= 4 is 16.0 Å². The third-order valence-electron chi connectivity index (χ3n) is 4.52. The normalized spacial score (nSPS) is 16.3. The van der Waals surface area contributed by atoms with Crippen LogP contribution < -0.4 is 5.32 Å². The summed E-state index contributed by atoms with van der Waals surface area (Å²) in [6, 6.07) is 8.54. The number of rotatable bonds is 8. The van der Waals surface area contributed by atoms with Gasteiger partial charge in [-0.2, -0.15) is 4.31 Å². The van der Waals surface area contributed by atoms with Crippen molar-refractivity contribution in [1.82, 2.24) is 14.5 Å². The van der Waals surface area contributed by atoms with Crippen LogP contribution in [0.4, 0.5) is 0 Å². The lowest BCUT2D eigenvalue weighted by molar-refractivity contribution is 0.0731. The van der Waals surface area contributed by atoms with E-state index >= 15 is 0 Å². The van der Waals surface area contributed by atoms with Crippen LogP contribution >= 0.6 is 0 Å². The average Bonchev–Trinajstić information content (AvgIpc) is 2.68. The third kappa shape index (κ3) is 6.79. The summed E-state index contributed by atoms with van der Waals surface area (Å²) < 4.78 is 31.5. The number of sulfonamides is 1. The van der Waals surface area contributed by atoms with Gasteiger partial charge in [0.2, 0.25) is 10.0 Å². The Morgan fingerprint density at radius 3 is 2.41 bits per heavy atom. The maximum Gasteiger partial charge on any atom is 0.216 e. The van der Waals surface area contributed by atoms with Gasteiger partial charge in [-0.05, 0) is 24.5 Å². The lowest BCUT2D eigenvalue weighted by Crippen LogP contribution is -2.42. The monoisotopic (exact) mass is 396 g/mol. The number of guanidine groups is 1. The molecule has 0 radical (unpaired) electrons. The minimum atomic E-state index is -3.29. The number of benzene rings is 1. The average molecular weight is 397 g/mol. The summed E-state index contributed by atoms with van der Waals surface area (Å²) in [6.07, 6.45) is 1.03. The maximum atomic E-state index is 12.4. The summed E-state index contributed by atoms with van der Waals surface area (Å²) in [6.45, 7) is 7.61. The number of hydrogen-bond acceptors (Lipinski definition) is 4. The Morgan fingerprint density at radius 1 is 1.19 bits per heavy atom. The summed E-state index contributed by atoms with van der Waals surface area (Å²) in [7, 11) is -1.32. The number of hydrogen-bond donors (Lipinski definition) is 1. The van der Waals surface area contributed by atoms with Gasteiger partial charge in [0.1, 0.15) is 0 Å². The van der Waals surface area contributed by atoms with Gasteiger partial charge in [-0.3, -0.25) is 4.99 Å². The van der Waals surface area contributed by atoms with Crippen LogP contribution in [0.25, 0.3) is 0 Å². The van der Waals surface area contributed by atoms with E-state index in [0.717, 1.165) is 13.0 Å². The summed E-state index contributed by atoms with van der Waals surface area (Å²) >= 11 is 0. The molecule has 1 aliphatic rings. The van der Waals surface area contributed by atoms with E-state index in [2.05, 4.69) is 41.5 Å². The molecule has 8 heteroatoms. The molecule has 1 N–H and O–H groups in total. The Morgan fingerprint density at radius 2 is 1.81 bits per heavy atom. The highest BCUT2D eigenvalue weighted by Gasteiger charge is 2.23. The summed E-state index contributed by atoms with van der Waals surface area (Å²) in [5.41, 5.74) is 2.51. The molecule has 7 nitrogen and oxygen atoms in total. The molecule has 1 fully saturated rings. The van der Waals surface area contributed by atoms with Gasteiger partial charge in [0, 0.05) is 33.2 Å². The van der Waals surface area contributed by atoms with Crippen LogP contribution in [0.15, 0.2) is 29.3 Å². The second-order valence-electron chi connectivity index (χ2n) is 6.59. The Labute approximate surface area is 163 Å². The molecule has 1 aromatic rings. The van der Waals surface area contributed by atoms with Crippen molar-refractivity contribution in [3.05, 3.63) is 35.4 Å². The van der Waals surface area contributed by atoms with Crippen LogP contribution in [0.2, 0.25) is 0 Å². The Balaban J connectivity index is 1.95. The summed E-state index contributed by atoms with van der Waals surface area (Å²) in [5.74, 6) is 0.732. The predicted molar refractivity (Wildman–Crippen MR) is 109 cm³/mol. The molecule has 0 atom stereocenters. The number of nitrogens with zero attached hydrogens (tertiary/aromatic N) is 3. The second-order valence-corrected chi connectivity index (χ2v) is 8.68. The zero-order valence-corrected chi connectivity index (χ0v) is 17.5. The molecule has 0 unspecified atom stereocenters. The highest BCUT2D eigenvalue weighted by atomic mass is 32.2. The number of morpholine rings is 1. The van der Waals surface area contributed by atoms with E-state index in [4.69, 9.17) is 4.74 Å². The molecular formula is C19H32N4O3S. The lowest BCUT2D eigenvalue weighted by atomic mass is 10.1. The predicted octanol–water partition coefficient (Wildman–Crippen LogP) is 1.31. The Bertz CT molecular complexity index is 698. The molecule has 2 rings (SSSR count). The van der Waals surface area contributed by atoms with Crippen molar-refractivity contribution in [2.45, 2.75) is 26.8 Å². The first-order valence-electron chi connectivity index (χ1n) is 9.59. The van der Waals surface area contributed by atoms with E-state index in [1.807, 2.05) is 18.9 Å². The smallest absolute Gasteiger partial charge is 0.216 e. The van der Waals surface area contributed by atoms with Gasteiger partial charge in [0.25, 0.3) is 0 Å². The SMILES string of the molecule is CCNC(=NCCS(=O)(=O)N1CCOCC1)N(C)Cc1ccc(CC)cc1. The third-order valence-corrected chi connectivity index (χ3v) is 6.37. The molecule has 1 saturated heterocycles. The van der Waals surface area contributed by atoms with Gasteiger partial charge in [-0.25, -0.2) is 8.42 Å². The molecule has 0 saturated carbocycles. The van der Waals surface area contributed by atoms with Gasteiger partial charge in [0.15, 0.2) is 5.96 Å². The van der Waals surface area contributed by atoms with Crippen LogP contribution in [-0.4, -0.2) is 75.8 Å². The molecule has 152 valence electrons. The first kappa shape index (κ1) is 21.7. The molecule has 0 aromatic heterocycles. The molecular weight excluding hydrogens is 364 g/mol. The van der Waals surface area contributed by atoms with E-state index in [1.165, 1.54) is 15.4 Å². The van der Waals surface area contributed by atoms with Crippen molar-refractivity contribution in [1.29, 1.82) is 0 Å². The second kappa shape index (κ2) is 10.6. The Hall–Kier alpha value is -1.64. The maximum absolute atomic E-state index is 12.4. The van der Waals surface area contributed by atoms with Gasteiger partial charge in [-0.15, -0.1) is 0 Å². The zero-order chi connectivity index (χ0) is 19.7. The van der Waals surface area contributed by atoms with Gasteiger partial charge in [-0.1, -0.05) is 31.2 Å². The molecule has 1 heterocycles. The minimum Gasteiger partial charge on any atom is -0.379 e. The molecule has 1 aromatic carbocycles. The van der Waals surface area contributed by atoms with Crippen molar-refractivity contribution in [3.63, 3.8) is 0 Å². The fourth-order valence-electron chi connectivity index (χ4n) is 2.92. The number of ether oxygens (including phenoxy) is 1. The number of nitrogens with one attached hydrogen (secondary N) is 1. The number of aliphatic imine (C=N–C) groups is 1. The van der Waals surface area contributed by atoms with Crippen LogP contribution in [0, 0.1) is 0 Å². The number of aryl methyl sites for hydroxylation is 1. The molecule has 27 heavy (non-hydrogen) atoms. The molecule has 1 aliphatic heterocycles. The summed E-state index contributed by atoms with van der Waals surface area (Å²) in [4.78, 5) is 6.54. The van der Waals surface area contributed by atoms with E-state index < -0.39 is 10.0 Å². The zero-order valence-electron chi connectivity index (χ0n) is 16.6. The van der Waals surface area contributed by atoms with Crippen molar-refractivity contribution in [3.8, 4) is 0 Å². The van der Waals surface area contributed by atoms with Gasteiger partial charge < -0.3 is 15.0 Å². The molecule has 0 aliphatic carbocycles. The molecule has 0 bridgehead atoms. The van der Waals surface area contributed by atoms with Crippen LogP contribution in [0.5, 0.6) is 0 Å². The molecule has 0 amide bonds. The van der Waals surface area contributed by atoms with Crippen LogP contribution in [0.1, 0.15) is 25.0 Å².